The van der Waals surface area contributed by atoms with Crippen molar-refractivity contribution < 1.29 is 9.18 Å². The summed E-state index contributed by atoms with van der Waals surface area (Å²) in [7, 11) is 4.14. The first-order chi connectivity index (χ1) is 15.2. The number of hydrogen-bond donors (Lipinski definition) is 0. The number of nitrogens with zero attached hydrogens (tertiary/aromatic N) is 7. The van der Waals surface area contributed by atoms with E-state index < -0.39 is 0 Å². The van der Waals surface area contributed by atoms with E-state index in [-0.39, 0.29) is 17.4 Å². The van der Waals surface area contributed by atoms with Crippen molar-refractivity contribution >= 4 is 50.1 Å². The fraction of sp³-hybridized carbons (Fsp3) is 0.545. The highest BCUT2D eigenvalue weighted by atomic mass is 79.9. The predicted molar refractivity (Wildman–Crippen MR) is 125 cm³/mol. The molecule has 0 atom stereocenters. The maximum absolute atomic E-state index is 15.4. The molecule has 2 fully saturated rings. The topological polar surface area (TPSA) is 70.4 Å². The molecule has 10 heteroatoms. The summed E-state index contributed by atoms with van der Waals surface area (Å²) in [5.41, 5.74) is 2.70. The number of fused-ring (bicyclic) bond motifs is 3. The number of hydrogen-bond acceptors (Lipinski definition) is 6. The van der Waals surface area contributed by atoms with Gasteiger partial charge in [-0.25, -0.2) is 14.1 Å². The molecule has 8 nitrogen and oxygen atoms in total. The number of carbonyl (C=O) groups is 1. The van der Waals surface area contributed by atoms with Crippen LogP contribution < -0.4 is 4.90 Å². The second-order valence-corrected chi connectivity index (χ2v) is 10.3. The zero-order valence-electron chi connectivity index (χ0n) is 18.8. The van der Waals surface area contributed by atoms with Gasteiger partial charge in [0.1, 0.15) is 11.0 Å². The number of likely N-dealkylation sites (N-methyl/N-ethyl adjacent to an activating group) is 1. The molecule has 32 heavy (non-hydrogen) atoms. The van der Waals surface area contributed by atoms with E-state index in [2.05, 4.69) is 57.1 Å². The molecule has 1 aromatic carbocycles. The van der Waals surface area contributed by atoms with Gasteiger partial charge in [0, 0.05) is 31.6 Å². The number of halogens is 2. The van der Waals surface area contributed by atoms with Crippen LogP contribution in [-0.4, -0.2) is 82.0 Å². The van der Waals surface area contributed by atoms with Crippen molar-refractivity contribution in [3.8, 4) is 0 Å². The summed E-state index contributed by atoms with van der Waals surface area (Å²) in [6.07, 6.45) is 2.47. The smallest absolute Gasteiger partial charge is 0.209 e. The number of rotatable bonds is 4. The van der Waals surface area contributed by atoms with Gasteiger partial charge in [0.2, 0.25) is 6.41 Å². The van der Waals surface area contributed by atoms with Gasteiger partial charge in [-0.3, -0.25) is 4.79 Å². The van der Waals surface area contributed by atoms with Crippen LogP contribution in [0.5, 0.6) is 0 Å². The maximum Gasteiger partial charge on any atom is 0.209 e. The number of aromatic nitrogens is 4. The van der Waals surface area contributed by atoms with Gasteiger partial charge in [-0.05, 0) is 68.3 Å². The average Bonchev–Trinajstić information content (AvgIpc) is 3.20. The van der Waals surface area contributed by atoms with Crippen LogP contribution in [0.25, 0.3) is 21.9 Å². The fourth-order valence-electron chi connectivity index (χ4n) is 4.81. The number of anilines is 1. The van der Waals surface area contributed by atoms with E-state index in [0.29, 0.717) is 34.4 Å². The number of amides is 1. The summed E-state index contributed by atoms with van der Waals surface area (Å²) in [5.74, 6) is 0.320. The van der Waals surface area contributed by atoms with Crippen molar-refractivity contribution in [2.45, 2.75) is 38.3 Å². The van der Waals surface area contributed by atoms with Crippen molar-refractivity contribution in [2.24, 2.45) is 0 Å². The van der Waals surface area contributed by atoms with E-state index in [1.54, 1.807) is 4.90 Å². The second kappa shape index (κ2) is 7.62. The number of aryl methyl sites for hydroxylation is 1. The molecule has 4 heterocycles. The maximum atomic E-state index is 15.4. The quantitative estimate of drug-likeness (QED) is 0.509. The van der Waals surface area contributed by atoms with Crippen LogP contribution in [0.4, 0.5) is 10.2 Å². The Hall–Kier alpha value is -2.33. The molecule has 0 spiro atoms. The third kappa shape index (κ3) is 3.18. The molecule has 170 valence electrons. The number of likely N-dealkylation sites (tertiary alicyclic amines) is 1. The molecule has 0 aliphatic carbocycles. The van der Waals surface area contributed by atoms with E-state index in [1.165, 1.54) is 0 Å². The van der Waals surface area contributed by atoms with E-state index in [1.807, 2.05) is 17.7 Å². The molecular weight excluding hydrogens is 477 g/mol. The largest absolute Gasteiger partial charge is 0.351 e. The number of benzene rings is 1. The van der Waals surface area contributed by atoms with Gasteiger partial charge in [-0.2, -0.15) is 0 Å². The molecule has 2 aliphatic rings. The first kappa shape index (κ1) is 21.5. The highest BCUT2D eigenvalue weighted by molar-refractivity contribution is 9.10. The Morgan fingerprint density at radius 1 is 1.25 bits per heavy atom. The van der Waals surface area contributed by atoms with Crippen LogP contribution in [-0.2, 0) is 4.79 Å². The van der Waals surface area contributed by atoms with Gasteiger partial charge in [0.15, 0.2) is 17.2 Å². The van der Waals surface area contributed by atoms with Crippen LogP contribution in [0.1, 0.15) is 31.4 Å². The molecule has 0 radical (unpaired) electrons. The average molecular weight is 504 g/mol. The van der Waals surface area contributed by atoms with E-state index >= 15 is 4.39 Å². The summed E-state index contributed by atoms with van der Waals surface area (Å²) in [6.45, 7) is 7.01. The fourth-order valence-corrected chi connectivity index (χ4v) is 5.11. The van der Waals surface area contributed by atoms with E-state index in [9.17, 15) is 4.79 Å². The molecule has 5 rings (SSSR count). The molecule has 2 aromatic heterocycles. The molecule has 3 aromatic rings. The van der Waals surface area contributed by atoms with Crippen LogP contribution in [0.3, 0.4) is 0 Å². The zero-order valence-corrected chi connectivity index (χ0v) is 20.4. The molecule has 0 unspecified atom stereocenters. The summed E-state index contributed by atoms with van der Waals surface area (Å²) in [4.78, 5) is 22.0. The Balaban J connectivity index is 1.68. The zero-order chi connectivity index (χ0) is 22.8. The van der Waals surface area contributed by atoms with Gasteiger partial charge < -0.3 is 14.7 Å². The highest BCUT2D eigenvalue weighted by Crippen LogP contribution is 2.40. The Bertz CT molecular complexity index is 1210. The summed E-state index contributed by atoms with van der Waals surface area (Å²) >= 11 is 3.38. The summed E-state index contributed by atoms with van der Waals surface area (Å²) in [5, 5.41) is 9.78. The van der Waals surface area contributed by atoms with Gasteiger partial charge in [-0.15, -0.1) is 5.10 Å². The number of piperidine rings is 1. The highest BCUT2D eigenvalue weighted by Gasteiger charge is 2.42. The first-order valence-corrected chi connectivity index (χ1v) is 11.7. The van der Waals surface area contributed by atoms with Crippen LogP contribution in [0, 0.1) is 12.7 Å². The van der Waals surface area contributed by atoms with Crippen molar-refractivity contribution in [2.75, 3.05) is 45.2 Å². The Labute approximate surface area is 194 Å². The molecule has 2 aliphatic heterocycles. The predicted octanol–water partition coefficient (Wildman–Crippen LogP) is 3.12. The van der Waals surface area contributed by atoms with Crippen molar-refractivity contribution in [3.05, 3.63) is 21.9 Å². The third-order valence-electron chi connectivity index (χ3n) is 7.18. The lowest BCUT2D eigenvalue weighted by Gasteiger charge is -2.52. The lowest BCUT2D eigenvalue weighted by Crippen LogP contribution is -2.67. The number of carbonyl (C=O) groups excluding carboxylic acids is 1. The van der Waals surface area contributed by atoms with Gasteiger partial charge >= 0.3 is 0 Å². The Morgan fingerprint density at radius 3 is 2.56 bits per heavy atom. The minimum absolute atomic E-state index is 0.0347. The monoisotopic (exact) mass is 503 g/mol. The van der Waals surface area contributed by atoms with Gasteiger partial charge in [0.05, 0.1) is 16.1 Å². The minimum atomic E-state index is -0.359. The van der Waals surface area contributed by atoms with E-state index in [4.69, 9.17) is 4.98 Å². The lowest BCUT2D eigenvalue weighted by atomic mass is 9.90. The summed E-state index contributed by atoms with van der Waals surface area (Å²) in [6, 6.07) is 2.06. The molecule has 2 saturated heterocycles. The first-order valence-electron chi connectivity index (χ1n) is 10.9. The van der Waals surface area contributed by atoms with Crippen LogP contribution in [0.15, 0.2) is 10.5 Å². The molecule has 0 N–H and O–H groups in total. The second-order valence-electron chi connectivity index (χ2n) is 9.50. The Morgan fingerprint density at radius 2 is 1.94 bits per heavy atom. The van der Waals surface area contributed by atoms with Crippen molar-refractivity contribution in [1.29, 1.82) is 0 Å². The normalized spacial score (nSPS) is 19.2. The molecule has 1 amide bonds. The van der Waals surface area contributed by atoms with Gasteiger partial charge in [0.25, 0.3) is 0 Å². The standard InChI is InChI=1S/C22H27BrFN7O/c1-13-9-15-18(17(24)16(13)23)25-21(30-10-22(2,11-30)28(3)4)19-20(15)31(27-26-19)14-5-7-29(12-32)8-6-14/h9,12,14H,5-8,10-11H2,1-4H3. The SMILES string of the molecule is Cc1cc2c(nc(N3CC(C)(N(C)C)C3)c3nnn(C4CCN(C=O)CC4)c32)c(F)c1Br. The molecular formula is C22H27BrFN7O. The summed E-state index contributed by atoms with van der Waals surface area (Å²) < 4.78 is 17.7. The van der Waals surface area contributed by atoms with Crippen LogP contribution >= 0.6 is 15.9 Å². The van der Waals surface area contributed by atoms with Crippen LogP contribution in [0.2, 0.25) is 0 Å². The third-order valence-corrected chi connectivity index (χ3v) is 8.15. The van der Waals surface area contributed by atoms with E-state index in [0.717, 1.165) is 48.8 Å². The molecule has 0 bridgehead atoms. The number of pyridine rings is 1. The van der Waals surface area contributed by atoms with Gasteiger partial charge in [-0.1, -0.05) is 5.21 Å². The minimum Gasteiger partial charge on any atom is -0.351 e. The lowest BCUT2D eigenvalue weighted by molar-refractivity contribution is -0.119. The Kier molecular flexibility index (Phi) is 5.12. The van der Waals surface area contributed by atoms with Crippen molar-refractivity contribution in [3.63, 3.8) is 0 Å². The molecule has 0 saturated carbocycles. The van der Waals surface area contributed by atoms with Crippen molar-refractivity contribution in [1.82, 2.24) is 29.8 Å².